The van der Waals surface area contributed by atoms with E-state index in [2.05, 4.69) is 42.6 Å². The van der Waals surface area contributed by atoms with Crippen molar-refractivity contribution in [3.8, 4) is 11.5 Å². The predicted molar refractivity (Wildman–Crippen MR) is 109 cm³/mol. The highest BCUT2D eigenvalue weighted by atomic mass is 32.2. The predicted octanol–water partition coefficient (Wildman–Crippen LogP) is 5.54. The number of hydrogen-bond donors (Lipinski definition) is 1. The number of ether oxygens (including phenoxy) is 2. The van der Waals surface area contributed by atoms with Crippen LogP contribution in [0.4, 0.5) is 0 Å². The van der Waals surface area contributed by atoms with Crippen LogP contribution in [0.3, 0.4) is 0 Å². The molecule has 0 spiro atoms. The molecule has 0 radical (unpaired) electrons. The van der Waals surface area contributed by atoms with Crippen molar-refractivity contribution in [3.63, 3.8) is 0 Å². The maximum absolute atomic E-state index is 6.25. The summed E-state index contributed by atoms with van der Waals surface area (Å²) < 4.78 is 11.5. The molecular formula is C22H29NO2S. The van der Waals surface area contributed by atoms with E-state index in [4.69, 9.17) is 9.47 Å². The topological polar surface area (TPSA) is 30.5 Å². The molecule has 1 N–H and O–H groups in total. The van der Waals surface area contributed by atoms with E-state index < -0.39 is 0 Å². The molecule has 26 heavy (non-hydrogen) atoms. The van der Waals surface area contributed by atoms with Gasteiger partial charge in [-0.05, 0) is 56.2 Å². The zero-order valence-corrected chi connectivity index (χ0v) is 16.6. The SMILES string of the molecule is COc1ccc(Sc2ccccc2OC(C)CNC2CCCCC2)cc1. The first-order valence-corrected chi connectivity index (χ1v) is 10.4. The summed E-state index contributed by atoms with van der Waals surface area (Å²) in [4.78, 5) is 2.32. The standard InChI is InChI=1S/C22H29NO2S/c1-17(16-23-18-8-4-3-5-9-18)25-21-10-6-7-11-22(21)26-20-14-12-19(24-2)13-15-20/h6-7,10-15,17-18,23H,3-5,8-9,16H2,1-2H3. The Kier molecular flexibility index (Phi) is 7.27. The van der Waals surface area contributed by atoms with Crippen molar-refractivity contribution in [1.82, 2.24) is 5.32 Å². The zero-order chi connectivity index (χ0) is 18.2. The van der Waals surface area contributed by atoms with E-state index in [9.17, 15) is 0 Å². The van der Waals surface area contributed by atoms with Crippen LogP contribution in [0, 0.1) is 0 Å². The van der Waals surface area contributed by atoms with E-state index in [1.807, 2.05) is 18.2 Å². The second-order valence-electron chi connectivity index (χ2n) is 6.90. The highest BCUT2D eigenvalue weighted by molar-refractivity contribution is 7.99. The molecule has 140 valence electrons. The first kappa shape index (κ1) is 19.1. The van der Waals surface area contributed by atoms with Gasteiger partial charge in [-0.3, -0.25) is 0 Å². The Balaban J connectivity index is 1.57. The van der Waals surface area contributed by atoms with Gasteiger partial charge in [-0.15, -0.1) is 0 Å². The summed E-state index contributed by atoms with van der Waals surface area (Å²) >= 11 is 1.72. The lowest BCUT2D eigenvalue weighted by Crippen LogP contribution is -2.37. The molecule has 1 fully saturated rings. The molecule has 0 aromatic heterocycles. The lowest BCUT2D eigenvalue weighted by atomic mass is 9.95. The lowest BCUT2D eigenvalue weighted by Gasteiger charge is -2.25. The molecule has 0 heterocycles. The van der Waals surface area contributed by atoms with Gasteiger partial charge in [-0.25, -0.2) is 0 Å². The van der Waals surface area contributed by atoms with E-state index in [-0.39, 0.29) is 6.10 Å². The third-order valence-electron chi connectivity index (χ3n) is 4.76. The van der Waals surface area contributed by atoms with Crippen LogP contribution in [0.1, 0.15) is 39.0 Å². The number of para-hydroxylation sites is 1. The minimum atomic E-state index is 0.148. The van der Waals surface area contributed by atoms with E-state index in [1.165, 1.54) is 37.0 Å². The molecule has 1 unspecified atom stereocenters. The minimum absolute atomic E-state index is 0.148. The second-order valence-corrected chi connectivity index (χ2v) is 8.01. The molecular weight excluding hydrogens is 342 g/mol. The first-order chi connectivity index (χ1) is 12.7. The van der Waals surface area contributed by atoms with Gasteiger partial charge in [0.15, 0.2) is 0 Å². The Morgan fingerprint density at radius 2 is 1.77 bits per heavy atom. The average Bonchev–Trinajstić information content (AvgIpc) is 2.69. The summed E-state index contributed by atoms with van der Waals surface area (Å²) in [5.41, 5.74) is 0. The third kappa shape index (κ3) is 5.68. The van der Waals surface area contributed by atoms with Gasteiger partial charge in [0, 0.05) is 17.5 Å². The van der Waals surface area contributed by atoms with Gasteiger partial charge in [0.25, 0.3) is 0 Å². The number of benzene rings is 2. The van der Waals surface area contributed by atoms with Crippen LogP contribution in [0.25, 0.3) is 0 Å². The van der Waals surface area contributed by atoms with E-state index in [1.54, 1.807) is 18.9 Å². The fraction of sp³-hybridized carbons (Fsp3) is 0.455. The van der Waals surface area contributed by atoms with Gasteiger partial charge in [-0.1, -0.05) is 43.2 Å². The van der Waals surface area contributed by atoms with Gasteiger partial charge >= 0.3 is 0 Å². The summed E-state index contributed by atoms with van der Waals surface area (Å²) in [6.07, 6.45) is 6.85. The molecule has 3 rings (SSSR count). The number of rotatable bonds is 8. The molecule has 2 aromatic carbocycles. The molecule has 0 aliphatic heterocycles. The van der Waals surface area contributed by atoms with E-state index in [0.29, 0.717) is 6.04 Å². The molecule has 1 saturated carbocycles. The van der Waals surface area contributed by atoms with Gasteiger partial charge in [-0.2, -0.15) is 0 Å². The maximum Gasteiger partial charge on any atom is 0.133 e. The molecule has 1 atom stereocenters. The lowest BCUT2D eigenvalue weighted by molar-refractivity contribution is 0.201. The minimum Gasteiger partial charge on any atom is -0.497 e. The van der Waals surface area contributed by atoms with E-state index >= 15 is 0 Å². The molecule has 1 aliphatic rings. The molecule has 1 aliphatic carbocycles. The quantitative estimate of drug-likeness (QED) is 0.660. The number of hydrogen-bond acceptors (Lipinski definition) is 4. The molecule has 0 amide bonds. The normalized spacial score (nSPS) is 16.2. The van der Waals surface area contributed by atoms with E-state index in [0.717, 1.165) is 22.9 Å². The van der Waals surface area contributed by atoms with Crippen molar-refractivity contribution >= 4 is 11.8 Å². The molecule has 2 aromatic rings. The highest BCUT2D eigenvalue weighted by Gasteiger charge is 2.15. The summed E-state index contributed by atoms with van der Waals surface area (Å²) in [6, 6.07) is 17.1. The van der Waals surface area contributed by atoms with Crippen LogP contribution in [0.5, 0.6) is 11.5 Å². The van der Waals surface area contributed by atoms with Crippen molar-refractivity contribution in [3.05, 3.63) is 48.5 Å². The Labute approximate surface area is 161 Å². The van der Waals surface area contributed by atoms with Gasteiger partial charge in [0.05, 0.1) is 12.0 Å². The van der Waals surface area contributed by atoms with Gasteiger partial charge in [0.1, 0.15) is 17.6 Å². The molecule has 0 saturated heterocycles. The smallest absolute Gasteiger partial charge is 0.133 e. The largest absolute Gasteiger partial charge is 0.497 e. The van der Waals surface area contributed by atoms with Crippen LogP contribution in [0.15, 0.2) is 58.3 Å². The Morgan fingerprint density at radius 3 is 2.50 bits per heavy atom. The van der Waals surface area contributed by atoms with Crippen LogP contribution in [-0.4, -0.2) is 25.8 Å². The first-order valence-electron chi connectivity index (χ1n) is 9.55. The molecule has 0 bridgehead atoms. The highest BCUT2D eigenvalue weighted by Crippen LogP contribution is 2.35. The number of nitrogens with one attached hydrogen (secondary N) is 1. The zero-order valence-electron chi connectivity index (χ0n) is 15.7. The van der Waals surface area contributed by atoms with Crippen molar-refractivity contribution in [2.45, 2.75) is 61.0 Å². The third-order valence-corrected chi connectivity index (χ3v) is 5.83. The van der Waals surface area contributed by atoms with Gasteiger partial charge in [0.2, 0.25) is 0 Å². The Morgan fingerprint density at radius 1 is 1.04 bits per heavy atom. The van der Waals surface area contributed by atoms with Crippen LogP contribution in [0.2, 0.25) is 0 Å². The molecule has 4 heteroatoms. The summed E-state index contributed by atoms with van der Waals surface area (Å²) in [5, 5.41) is 3.68. The van der Waals surface area contributed by atoms with Crippen molar-refractivity contribution in [2.24, 2.45) is 0 Å². The van der Waals surface area contributed by atoms with Crippen molar-refractivity contribution in [2.75, 3.05) is 13.7 Å². The van der Waals surface area contributed by atoms with Crippen LogP contribution >= 0.6 is 11.8 Å². The maximum atomic E-state index is 6.25. The Hall–Kier alpha value is -1.65. The van der Waals surface area contributed by atoms with Gasteiger partial charge < -0.3 is 14.8 Å². The molecule has 3 nitrogen and oxygen atoms in total. The summed E-state index contributed by atoms with van der Waals surface area (Å²) in [6.45, 7) is 3.04. The number of methoxy groups -OCH3 is 1. The van der Waals surface area contributed by atoms with Crippen LogP contribution in [-0.2, 0) is 0 Å². The fourth-order valence-corrected chi connectivity index (χ4v) is 4.19. The van der Waals surface area contributed by atoms with Crippen molar-refractivity contribution in [1.29, 1.82) is 0 Å². The monoisotopic (exact) mass is 371 g/mol. The summed E-state index contributed by atoms with van der Waals surface area (Å²) in [7, 11) is 1.69. The van der Waals surface area contributed by atoms with Crippen molar-refractivity contribution < 1.29 is 9.47 Å². The summed E-state index contributed by atoms with van der Waals surface area (Å²) in [5.74, 6) is 1.83. The van der Waals surface area contributed by atoms with Crippen LogP contribution < -0.4 is 14.8 Å². The Bertz CT molecular complexity index is 668. The second kappa shape index (κ2) is 9.89. The average molecular weight is 372 g/mol. The fourth-order valence-electron chi connectivity index (χ4n) is 3.30.